The first-order chi connectivity index (χ1) is 8.56. The number of hydrogen-bond acceptors (Lipinski definition) is 3. The molecule has 2 rings (SSSR count). The topological polar surface area (TPSA) is 57.6 Å². The molecule has 0 spiro atoms. The van der Waals surface area contributed by atoms with Gasteiger partial charge in [-0.15, -0.1) is 0 Å². The number of carbonyl (C=O) groups is 2. The lowest BCUT2D eigenvalue weighted by Gasteiger charge is -2.16. The molecule has 0 aromatic heterocycles. The van der Waals surface area contributed by atoms with Crippen LogP contribution in [0.1, 0.15) is 23.2 Å². The highest BCUT2D eigenvalue weighted by Gasteiger charge is 2.36. The van der Waals surface area contributed by atoms with Crippen molar-refractivity contribution < 1.29 is 19.1 Å². The lowest BCUT2D eigenvalue weighted by atomic mass is 10.1. The van der Waals surface area contributed by atoms with E-state index in [1.54, 1.807) is 0 Å². The molecule has 0 unspecified atom stereocenters. The molecule has 0 atom stereocenters. The normalized spacial score (nSPS) is 14.3. The Morgan fingerprint density at radius 3 is 2.67 bits per heavy atom. The SMILES string of the molecule is O=C1C(=O)N(CCCCO)c2cc(F)c(Br)cc21. The molecule has 1 amide bonds. The van der Waals surface area contributed by atoms with Crippen molar-refractivity contribution in [2.45, 2.75) is 12.8 Å². The van der Waals surface area contributed by atoms with Crippen LogP contribution in [-0.2, 0) is 4.79 Å². The summed E-state index contributed by atoms with van der Waals surface area (Å²) in [6.07, 6.45) is 1.10. The van der Waals surface area contributed by atoms with Gasteiger partial charge in [-0.25, -0.2) is 4.39 Å². The molecule has 1 aliphatic heterocycles. The number of Topliss-reactive ketones (excluding diaryl/α,β-unsaturated/α-hetero) is 1. The predicted molar refractivity (Wildman–Crippen MR) is 67.1 cm³/mol. The first kappa shape index (κ1) is 13.2. The van der Waals surface area contributed by atoms with Crippen LogP contribution >= 0.6 is 15.9 Å². The van der Waals surface area contributed by atoms with Gasteiger partial charge in [0.05, 0.1) is 15.7 Å². The molecule has 1 aromatic rings. The van der Waals surface area contributed by atoms with Gasteiger partial charge in [0.2, 0.25) is 0 Å². The van der Waals surface area contributed by atoms with Gasteiger partial charge in [-0.1, -0.05) is 0 Å². The minimum atomic E-state index is -0.638. The van der Waals surface area contributed by atoms with Gasteiger partial charge in [0.1, 0.15) is 5.82 Å². The third kappa shape index (κ3) is 2.18. The Balaban J connectivity index is 2.33. The summed E-state index contributed by atoms with van der Waals surface area (Å²) in [5.74, 6) is -1.77. The van der Waals surface area contributed by atoms with Crippen LogP contribution < -0.4 is 4.90 Å². The molecule has 0 bridgehead atoms. The Hall–Kier alpha value is -1.27. The number of benzene rings is 1. The summed E-state index contributed by atoms with van der Waals surface area (Å²) in [6.45, 7) is 0.330. The fourth-order valence-electron chi connectivity index (χ4n) is 1.89. The van der Waals surface area contributed by atoms with Crippen LogP contribution in [0.25, 0.3) is 0 Å². The Kier molecular flexibility index (Phi) is 3.77. The summed E-state index contributed by atoms with van der Waals surface area (Å²) < 4.78 is 13.6. The first-order valence-electron chi connectivity index (χ1n) is 5.52. The molecule has 1 heterocycles. The highest BCUT2D eigenvalue weighted by molar-refractivity contribution is 9.10. The van der Waals surface area contributed by atoms with Crippen molar-refractivity contribution in [3.63, 3.8) is 0 Å². The molecule has 0 saturated carbocycles. The van der Waals surface area contributed by atoms with E-state index < -0.39 is 17.5 Å². The number of halogens is 2. The number of rotatable bonds is 4. The fourth-order valence-corrected chi connectivity index (χ4v) is 2.24. The van der Waals surface area contributed by atoms with Gasteiger partial charge >= 0.3 is 0 Å². The van der Waals surface area contributed by atoms with Crippen molar-refractivity contribution in [3.8, 4) is 0 Å². The minimum Gasteiger partial charge on any atom is -0.396 e. The fraction of sp³-hybridized carbons (Fsp3) is 0.333. The van der Waals surface area contributed by atoms with Gasteiger partial charge in [0, 0.05) is 13.2 Å². The number of aliphatic hydroxyl groups excluding tert-OH is 1. The van der Waals surface area contributed by atoms with Gasteiger partial charge in [-0.05, 0) is 40.9 Å². The number of amides is 1. The molecule has 0 fully saturated rings. The minimum absolute atomic E-state index is 0.0253. The Bertz CT molecular complexity index is 518. The van der Waals surface area contributed by atoms with E-state index in [9.17, 15) is 14.0 Å². The maximum Gasteiger partial charge on any atom is 0.299 e. The molecule has 6 heteroatoms. The van der Waals surface area contributed by atoms with Crippen molar-refractivity contribution in [2.24, 2.45) is 0 Å². The number of nitrogens with zero attached hydrogens (tertiary/aromatic N) is 1. The number of ketones is 1. The number of hydrogen-bond donors (Lipinski definition) is 1. The molecular formula is C12H11BrFNO3. The van der Waals surface area contributed by atoms with Crippen LogP contribution in [0.4, 0.5) is 10.1 Å². The maximum absolute atomic E-state index is 13.5. The molecule has 0 saturated heterocycles. The lowest BCUT2D eigenvalue weighted by Crippen LogP contribution is -2.30. The van der Waals surface area contributed by atoms with Crippen LogP contribution in [0.5, 0.6) is 0 Å². The monoisotopic (exact) mass is 315 g/mol. The molecule has 0 aliphatic carbocycles. The van der Waals surface area contributed by atoms with Crippen molar-refractivity contribution in [2.75, 3.05) is 18.1 Å². The van der Waals surface area contributed by atoms with E-state index in [0.717, 1.165) is 0 Å². The molecular weight excluding hydrogens is 305 g/mol. The van der Waals surface area contributed by atoms with Gasteiger partial charge < -0.3 is 10.0 Å². The van der Waals surface area contributed by atoms with E-state index >= 15 is 0 Å². The number of fused-ring (bicyclic) bond motifs is 1. The molecule has 1 aromatic carbocycles. The third-order valence-electron chi connectivity index (χ3n) is 2.80. The van der Waals surface area contributed by atoms with Crippen LogP contribution in [0.15, 0.2) is 16.6 Å². The van der Waals surface area contributed by atoms with Gasteiger partial charge in [0.25, 0.3) is 11.7 Å². The Morgan fingerprint density at radius 1 is 1.28 bits per heavy atom. The van der Waals surface area contributed by atoms with E-state index in [0.29, 0.717) is 25.1 Å². The van der Waals surface area contributed by atoms with Crippen LogP contribution in [0.3, 0.4) is 0 Å². The summed E-state index contributed by atoms with van der Waals surface area (Å²) in [6, 6.07) is 2.51. The van der Waals surface area contributed by atoms with E-state index in [2.05, 4.69) is 15.9 Å². The van der Waals surface area contributed by atoms with Crippen molar-refractivity contribution in [1.82, 2.24) is 0 Å². The third-order valence-corrected chi connectivity index (χ3v) is 3.41. The Morgan fingerprint density at radius 2 is 2.00 bits per heavy atom. The highest BCUT2D eigenvalue weighted by atomic mass is 79.9. The summed E-state index contributed by atoms with van der Waals surface area (Å²) in [5, 5.41) is 8.70. The summed E-state index contributed by atoms with van der Waals surface area (Å²) >= 11 is 2.99. The van der Waals surface area contributed by atoms with Crippen LogP contribution in [-0.4, -0.2) is 29.9 Å². The average molecular weight is 316 g/mol. The van der Waals surface area contributed by atoms with E-state index in [1.165, 1.54) is 17.0 Å². The summed E-state index contributed by atoms with van der Waals surface area (Å²) in [7, 11) is 0. The highest BCUT2D eigenvalue weighted by Crippen LogP contribution is 2.33. The summed E-state index contributed by atoms with van der Waals surface area (Å²) in [4.78, 5) is 24.7. The molecule has 4 nitrogen and oxygen atoms in total. The van der Waals surface area contributed by atoms with Gasteiger partial charge in [0.15, 0.2) is 0 Å². The molecule has 1 N–H and O–H groups in total. The number of carbonyl (C=O) groups excluding carboxylic acids is 2. The van der Waals surface area contributed by atoms with Gasteiger partial charge in [-0.2, -0.15) is 0 Å². The van der Waals surface area contributed by atoms with E-state index in [1.807, 2.05) is 0 Å². The largest absolute Gasteiger partial charge is 0.396 e. The van der Waals surface area contributed by atoms with Gasteiger partial charge in [-0.3, -0.25) is 9.59 Å². The van der Waals surface area contributed by atoms with Crippen molar-refractivity contribution in [3.05, 3.63) is 28.0 Å². The van der Waals surface area contributed by atoms with Crippen molar-refractivity contribution in [1.29, 1.82) is 0 Å². The number of aliphatic hydroxyl groups is 1. The number of anilines is 1. The zero-order valence-corrected chi connectivity index (χ0v) is 11.0. The van der Waals surface area contributed by atoms with Crippen LogP contribution in [0.2, 0.25) is 0 Å². The average Bonchev–Trinajstić information content (AvgIpc) is 2.56. The summed E-state index contributed by atoms with van der Waals surface area (Å²) in [5.41, 5.74) is 0.529. The van der Waals surface area contributed by atoms with Crippen molar-refractivity contribution >= 4 is 33.3 Å². The van der Waals surface area contributed by atoms with Crippen LogP contribution in [0, 0.1) is 5.82 Å². The second kappa shape index (κ2) is 5.16. The lowest BCUT2D eigenvalue weighted by molar-refractivity contribution is -0.114. The molecule has 96 valence electrons. The predicted octanol–water partition coefficient (Wildman–Crippen LogP) is 1.89. The van der Waals surface area contributed by atoms with E-state index in [-0.39, 0.29) is 16.6 Å². The second-order valence-corrected chi connectivity index (χ2v) is 4.85. The van der Waals surface area contributed by atoms with E-state index in [4.69, 9.17) is 5.11 Å². The quantitative estimate of drug-likeness (QED) is 0.682. The number of unbranched alkanes of at least 4 members (excludes halogenated alkanes) is 1. The first-order valence-corrected chi connectivity index (χ1v) is 6.31. The molecule has 1 aliphatic rings. The molecule has 0 radical (unpaired) electrons. The smallest absolute Gasteiger partial charge is 0.299 e. The Labute approximate surface area is 112 Å². The molecule has 18 heavy (non-hydrogen) atoms. The zero-order valence-electron chi connectivity index (χ0n) is 9.45. The zero-order chi connectivity index (χ0) is 13.3. The standard InChI is InChI=1S/C12H11BrFNO3/c13-8-5-7-10(6-9(8)14)15(3-1-2-4-16)12(18)11(7)17/h5-6,16H,1-4H2. The maximum atomic E-state index is 13.5. The second-order valence-electron chi connectivity index (χ2n) is 4.00.